The molecule has 1 saturated heterocycles. The topological polar surface area (TPSA) is 32.3 Å². The molecule has 1 heterocycles. The Morgan fingerprint density at radius 1 is 1.17 bits per heavy atom. The van der Waals surface area contributed by atoms with Crippen LogP contribution in [0.5, 0.6) is 0 Å². The van der Waals surface area contributed by atoms with E-state index in [4.69, 9.17) is 0 Å². The summed E-state index contributed by atoms with van der Waals surface area (Å²) in [6, 6.07) is 0. The van der Waals surface area contributed by atoms with E-state index < -0.39 is 11.8 Å². The number of alkyl halides is 3. The second-order valence-corrected chi connectivity index (χ2v) is 3.13. The Morgan fingerprint density at radius 2 is 1.83 bits per heavy atom. The van der Waals surface area contributed by atoms with E-state index in [1.54, 1.807) is 0 Å². The zero-order chi connectivity index (χ0) is 9.24. The first kappa shape index (κ1) is 9.80. The molecule has 0 amide bonds. The van der Waals surface area contributed by atoms with Crippen LogP contribution in [0, 0.1) is 0 Å². The van der Waals surface area contributed by atoms with Crippen LogP contribution in [0.25, 0.3) is 0 Å². The van der Waals surface area contributed by atoms with Gasteiger partial charge in [-0.25, -0.2) is 0 Å². The summed E-state index contributed by atoms with van der Waals surface area (Å²) in [5.41, 5.74) is -2.46. The monoisotopic (exact) mass is 183 g/mol. The lowest BCUT2D eigenvalue weighted by Crippen LogP contribution is -2.45. The fourth-order valence-electron chi connectivity index (χ4n) is 1.33. The molecule has 1 atom stereocenters. The van der Waals surface area contributed by atoms with Gasteiger partial charge in [0.1, 0.15) is 0 Å². The van der Waals surface area contributed by atoms with E-state index >= 15 is 0 Å². The van der Waals surface area contributed by atoms with Crippen LogP contribution in [-0.4, -0.2) is 30.0 Å². The highest BCUT2D eigenvalue weighted by molar-refractivity contribution is 4.88. The first-order chi connectivity index (χ1) is 5.46. The van der Waals surface area contributed by atoms with Crippen molar-refractivity contribution < 1.29 is 18.3 Å². The SMILES string of the molecule is OC1(C(F)(F)F)CCCNCC1. The number of hydrogen-bond donors (Lipinski definition) is 2. The Labute approximate surface area is 68.8 Å². The Kier molecular flexibility index (Phi) is 2.63. The highest BCUT2D eigenvalue weighted by Crippen LogP contribution is 2.37. The Morgan fingerprint density at radius 3 is 2.42 bits per heavy atom. The van der Waals surface area contributed by atoms with Gasteiger partial charge in [0.25, 0.3) is 0 Å². The lowest BCUT2D eigenvalue weighted by molar-refractivity contribution is -0.263. The molecule has 0 aromatic rings. The molecule has 0 radical (unpaired) electrons. The minimum Gasteiger partial charge on any atom is -0.380 e. The first-order valence-electron chi connectivity index (χ1n) is 3.95. The van der Waals surface area contributed by atoms with Gasteiger partial charge < -0.3 is 10.4 Å². The fraction of sp³-hybridized carbons (Fsp3) is 1.00. The van der Waals surface area contributed by atoms with Crippen molar-refractivity contribution in [2.24, 2.45) is 0 Å². The van der Waals surface area contributed by atoms with E-state index in [9.17, 15) is 18.3 Å². The third-order valence-electron chi connectivity index (χ3n) is 2.19. The molecule has 0 bridgehead atoms. The molecule has 0 saturated carbocycles. The summed E-state index contributed by atoms with van der Waals surface area (Å²) < 4.78 is 36.7. The molecular weight excluding hydrogens is 171 g/mol. The summed E-state index contributed by atoms with van der Waals surface area (Å²) in [5, 5.41) is 12.0. The third kappa shape index (κ3) is 1.90. The van der Waals surface area contributed by atoms with Crippen LogP contribution < -0.4 is 5.32 Å². The van der Waals surface area contributed by atoms with Crippen LogP contribution in [0.1, 0.15) is 19.3 Å². The predicted octanol–water partition coefficient (Wildman–Crippen LogP) is 1.05. The predicted molar refractivity (Wildman–Crippen MR) is 37.7 cm³/mol. The lowest BCUT2D eigenvalue weighted by atomic mass is 9.94. The maximum Gasteiger partial charge on any atom is 0.417 e. The second kappa shape index (κ2) is 3.22. The molecule has 0 aliphatic carbocycles. The Hall–Kier alpha value is -0.290. The van der Waals surface area contributed by atoms with Crippen LogP contribution >= 0.6 is 0 Å². The zero-order valence-corrected chi connectivity index (χ0v) is 6.62. The average Bonchev–Trinajstić information content (AvgIpc) is 2.12. The van der Waals surface area contributed by atoms with Gasteiger partial charge in [-0.15, -0.1) is 0 Å². The summed E-state index contributed by atoms with van der Waals surface area (Å²) >= 11 is 0. The summed E-state index contributed by atoms with van der Waals surface area (Å²) in [4.78, 5) is 0. The van der Waals surface area contributed by atoms with E-state index in [-0.39, 0.29) is 19.4 Å². The molecule has 1 fully saturated rings. The lowest BCUT2D eigenvalue weighted by Gasteiger charge is -2.28. The smallest absolute Gasteiger partial charge is 0.380 e. The average molecular weight is 183 g/mol. The maximum absolute atomic E-state index is 12.2. The molecule has 5 heteroatoms. The van der Waals surface area contributed by atoms with Gasteiger partial charge in [0.05, 0.1) is 0 Å². The van der Waals surface area contributed by atoms with Crippen LogP contribution in [0.4, 0.5) is 13.2 Å². The molecule has 1 aliphatic heterocycles. The quantitative estimate of drug-likeness (QED) is 0.588. The van der Waals surface area contributed by atoms with Crippen molar-refractivity contribution >= 4 is 0 Å². The van der Waals surface area contributed by atoms with Gasteiger partial charge in [-0.05, 0) is 32.4 Å². The van der Waals surface area contributed by atoms with Gasteiger partial charge in [-0.2, -0.15) is 13.2 Å². The van der Waals surface area contributed by atoms with Crippen LogP contribution in [-0.2, 0) is 0 Å². The molecule has 1 unspecified atom stereocenters. The first-order valence-corrected chi connectivity index (χ1v) is 3.95. The third-order valence-corrected chi connectivity index (χ3v) is 2.19. The highest BCUT2D eigenvalue weighted by atomic mass is 19.4. The van der Waals surface area contributed by atoms with Crippen molar-refractivity contribution in [1.82, 2.24) is 5.32 Å². The fourth-order valence-corrected chi connectivity index (χ4v) is 1.33. The van der Waals surface area contributed by atoms with Crippen molar-refractivity contribution in [2.75, 3.05) is 13.1 Å². The van der Waals surface area contributed by atoms with Gasteiger partial charge in [0.2, 0.25) is 0 Å². The number of nitrogens with one attached hydrogen (secondary N) is 1. The Balaban J connectivity index is 2.67. The van der Waals surface area contributed by atoms with Crippen molar-refractivity contribution in [1.29, 1.82) is 0 Å². The molecule has 72 valence electrons. The van der Waals surface area contributed by atoms with E-state index in [1.165, 1.54) is 0 Å². The van der Waals surface area contributed by atoms with Gasteiger partial charge in [0, 0.05) is 0 Å². The molecule has 2 nitrogen and oxygen atoms in total. The normalized spacial score (nSPS) is 33.0. The highest BCUT2D eigenvalue weighted by Gasteiger charge is 2.52. The Bertz CT molecular complexity index is 149. The maximum atomic E-state index is 12.2. The van der Waals surface area contributed by atoms with Crippen molar-refractivity contribution in [2.45, 2.75) is 31.0 Å². The number of aliphatic hydroxyl groups is 1. The molecule has 0 aromatic heterocycles. The van der Waals surface area contributed by atoms with Gasteiger partial charge in [0.15, 0.2) is 5.60 Å². The number of hydrogen-bond acceptors (Lipinski definition) is 2. The molecule has 0 spiro atoms. The molecular formula is C7H12F3NO. The largest absolute Gasteiger partial charge is 0.417 e. The number of halogens is 3. The molecule has 0 aromatic carbocycles. The standard InChI is InChI=1S/C7H12F3NO/c8-7(9,10)6(12)2-1-4-11-5-3-6/h11-12H,1-5H2. The van der Waals surface area contributed by atoms with E-state index in [0.29, 0.717) is 13.0 Å². The van der Waals surface area contributed by atoms with Crippen molar-refractivity contribution in [3.8, 4) is 0 Å². The summed E-state index contributed by atoms with van der Waals surface area (Å²) in [6.07, 6.45) is -4.55. The molecule has 1 rings (SSSR count). The van der Waals surface area contributed by atoms with Crippen LogP contribution in [0.3, 0.4) is 0 Å². The summed E-state index contributed by atoms with van der Waals surface area (Å²) in [5.74, 6) is 0. The zero-order valence-electron chi connectivity index (χ0n) is 6.62. The molecule has 1 aliphatic rings. The minimum absolute atomic E-state index is 0.191. The molecule has 2 N–H and O–H groups in total. The van der Waals surface area contributed by atoms with Crippen LogP contribution in [0.15, 0.2) is 0 Å². The second-order valence-electron chi connectivity index (χ2n) is 3.13. The van der Waals surface area contributed by atoms with Crippen molar-refractivity contribution in [3.63, 3.8) is 0 Å². The van der Waals surface area contributed by atoms with Gasteiger partial charge >= 0.3 is 6.18 Å². The number of rotatable bonds is 0. The molecule has 12 heavy (non-hydrogen) atoms. The van der Waals surface area contributed by atoms with E-state index in [0.717, 1.165) is 0 Å². The van der Waals surface area contributed by atoms with Gasteiger partial charge in [-0.3, -0.25) is 0 Å². The van der Waals surface area contributed by atoms with Crippen LogP contribution in [0.2, 0.25) is 0 Å². The van der Waals surface area contributed by atoms with E-state index in [1.807, 2.05) is 0 Å². The minimum atomic E-state index is -4.49. The van der Waals surface area contributed by atoms with Gasteiger partial charge in [-0.1, -0.05) is 0 Å². The summed E-state index contributed by atoms with van der Waals surface area (Å²) in [6.45, 7) is 0.786. The van der Waals surface area contributed by atoms with Crippen molar-refractivity contribution in [3.05, 3.63) is 0 Å². The summed E-state index contributed by atoms with van der Waals surface area (Å²) in [7, 11) is 0. The van der Waals surface area contributed by atoms with E-state index in [2.05, 4.69) is 5.32 Å².